The average Bonchev–Trinajstić information content (AvgIpc) is 2.45. The molecule has 1 N–H and O–H groups in total. The molecule has 1 aromatic carbocycles. The first-order valence-electron chi connectivity index (χ1n) is 6.49. The summed E-state index contributed by atoms with van der Waals surface area (Å²) in [6.45, 7) is 2.65. The maximum atomic E-state index is 12.0. The van der Waals surface area contributed by atoms with Crippen molar-refractivity contribution in [1.29, 1.82) is 0 Å². The van der Waals surface area contributed by atoms with Crippen LogP contribution in [0.5, 0.6) is 0 Å². The lowest BCUT2D eigenvalue weighted by Gasteiger charge is -2.30. The Balaban J connectivity index is 1.97. The molecule has 1 aliphatic rings. The molecule has 21 heavy (non-hydrogen) atoms. The number of nitro benzene ring substituents is 1. The first-order chi connectivity index (χ1) is 9.97. The van der Waals surface area contributed by atoms with E-state index < -0.39 is 4.92 Å². The summed E-state index contributed by atoms with van der Waals surface area (Å²) in [5, 5.41) is 13.6. The number of nitro groups is 1. The van der Waals surface area contributed by atoms with Gasteiger partial charge in [-0.15, -0.1) is 0 Å². The largest absolute Gasteiger partial charge is 0.374 e. The molecule has 0 radical (unpaired) electrons. The highest BCUT2D eigenvalue weighted by Crippen LogP contribution is 2.25. The van der Waals surface area contributed by atoms with E-state index in [2.05, 4.69) is 26.1 Å². The Hall–Kier alpha value is -1.51. The van der Waals surface area contributed by atoms with Gasteiger partial charge in [-0.2, -0.15) is 0 Å². The van der Waals surface area contributed by atoms with E-state index in [0.29, 0.717) is 17.6 Å². The van der Waals surface area contributed by atoms with Crippen LogP contribution in [0.25, 0.3) is 0 Å². The van der Waals surface area contributed by atoms with Crippen molar-refractivity contribution in [3.8, 4) is 0 Å². The van der Waals surface area contributed by atoms with Crippen LogP contribution >= 0.6 is 15.9 Å². The predicted molar refractivity (Wildman–Crippen MR) is 80.4 cm³/mol. The third kappa shape index (κ3) is 4.23. The van der Waals surface area contributed by atoms with Gasteiger partial charge in [0.1, 0.15) is 0 Å². The van der Waals surface area contributed by atoms with Gasteiger partial charge in [0, 0.05) is 31.3 Å². The van der Waals surface area contributed by atoms with Gasteiger partial charge in [-0.05, 0) is 35.1 Å². The van der Waals surface area contributed by atoms with Gasteiger partial charge >= 0.3 is 0 Å². The van der Waals surface area contributed by atoms with E-state index in [9.17, 15) is 14.9 Å². The van der Waals surface area contributed by atoms with Gasteiger partial charge in [0.2, 0.25) is 0 Å². The SMILES string of the molecule is CN1CCOC(CNC(=O)c2ccc(Br)c([N+](=O)[O-])c2)C1. The zero-order valence-corrected chi connectivity index (χ0v) is 13.1. The highest BCUT2D eigenvalue weighted by atomic mass is 79.9. The van der Waals surface area contributed by atoms with Crippen molar-refractivity contribution in [3.05, 3.63) is 38.3 Å². The quantitative estimate of drug-likeness (QED) is 0.650. The van der Waals surface area contributed by atoms with Crippen LogP contribution in [0.15, 0.2) is 22.7 Å². The van der Waals surface area contributed by atoms with Crippen LogP contribution in [0.4, 0.5) is 5.69 Å². The summed E-state index contributed by atoms with van der Waals surface area (Å²) in [6.07, 6.45) is -0.0573. The number of morpholine rings is 1. The lowest BCUT2D eigenvalue weighted by atomic mass is 10.2. The van der Waals surface area contributed by atoms with E-state index in [1.807, 2.05) is 7.05 Å². The first kappa shape index (κ1) is 15.9. The van der Waals surface area contributed by atoms with Crippen LogP contribution in [0.3, 0.4) is 0 Å². The standard InChI is InChI=1S/C13H16BrN3O4/c1-16-4-5-21-10(8-16)7-15-13(18)9-2-3-11(14)12(6-9)17(19)20/h2-3,6,10H,4-5,7-8H2,1H3,(H,15,18). The molecule has 8 heteroatoms. The second-order valence-corrected chi connectivity index (χ2v) is 5.74. The molecule has 1 aromatic rings. The molecule has 7 nitrogen and oxygen atoms in total. The van der Waals surface area contributed by atoms with Gasteiger partial charge in [0.05, 0.1) is 22.1 Å². The summed E-state index contributed by atoms with van der Waals surface area (Å²) >= 11 is 3.09. The van der Waals surface area contributed by atoms with E-state index in [4.69, 9.17) is 4.74 Å². The van der Waals surface area contributed by atoms with E-state index in [1.54, 1.807) is 6.07 Å². The number of amides is 1. The average molecular weight is 358 g/mol. The molecule has 1 aliphatic heterocycles. The minimum atomic E-state index is -0.528. The Labute approximate surface area is 130 Å². The maximum absolute atomic E-state index is 12.0. The number of carbonyl (C=O) groups excluding carboxylic acids is 1. The van der Waals surface area contributed by atoms with Crippen molar-refractivity contribution in [2.75, 3.05) is 33.3 Å². The van der Waals surface area contributed by atoms with Gasteiger partial charge in [-0.1, -0.05) is 0 Å². The molecule has 1 fully saturated rings. The zero-order valence-electron chi connectivity index (χ0n) is 11.5. The van der Waals surface area contributed by atoms with Crippen molar-refractivity contribution in [2.45, 2.75) is 6.10 Å². The number of likely N-dealkylation sites (N-methyl/N-ethyl adjacent to an activating group) is 1. The number of nitrogens with zero attached hydrogens (tertiary/aromatic N) is 2. The summed E-state index contributed by atoms with van der Waals surface area (Å²) in [6, 6.07) is 4.30. The number of halogens is 1. The molecule has 1 saturated heterocycles. The number of ether oxygens (including phenoxy) is 1. The van der Waals surface area contributed by atoms with Gasteiger partial charge in [0.15, 0.2) is 0 Å². The van der Waals surface area contributed by atoms with E-state index in [1.165, 1.54) is 12.1 Å². The molecule has 1 unspecified atom stereocenters. The highest BCUT2D eigenvalue weighted by Gasteiger charge is 2.20. The molecule has 1 heterocycles. The molecule has 0 saturated carbocycles. The fourth-order valence-corrected chi connectivity index (χ4v) is 2.48. The molecular formula is C13H16BrN3O4. The highest BCUT2D eigenvalue weighted by molar-refractivity contribution is 9.10. The summed E-state index contributed by atoms with van der Waals surface area (Å²) in [5.74, 6) is -0.345. The van der Waals surface area contributed by atoms with E-state index in [0.717, 1.165) is 13.1 Å². The normalized spacial score (nSPS) is 19.2. The molecule has 114 valence electrons. The monoisotopic (exact) mass is 357 g/mol. The van der Waals surface area contributed by atoms with Crippen LogP contribution in [-0.2, 0) is 4.74 Å². The molecule has 1 atom stereocenters. The van der Waals surface area contributed by atoms with Crippen LogP contribution in [0.2, 0.25) is 0 Å². The Morgan fingerprint density at radius 2 is 2.38 bits per heavy atom. The summed E-state index contributed by atoms with van der Waals surface area (Å²) in [7, 11) is 2.00. The summed E-state index contributed by atoms with van der Waals surface area (Å²) < 4.78 is 5.89. The van der Waals surface area contributed by atoms with Crippen molar-refractivity contribution in [3.63, 3.8) is 0 Å². The van der Waals surface area contributed by atoms with Crippen LogP contribution in [0, 0.1) is 10.1 Å². The molecule has 2 rings (SSSR count). The number of rotatable bonds is 4. The predicted octanol–water partition coefficient (Wildman–Crippen LogP) is 1.42. The number of carbonyl (C=O) groups is 1. The maximum Gasteiger partial charge on any atom is 0.284 e. The summed E-state index contributed by atoms with van der Waals surface area (Å²) in [4.78, 5) is 24.5. The molecule has 0 spiro atoms. The van der Waals surface area contributed by atoms with E-state index in [-0.39, 0.29) is 23.3 Å². The lowest BCUT2D eigenvalue weighted by Crippen LogP contribution is -2.45. The number of hydrogen-bond donors (Lipinski definition) is 1. The number of hydrogen-bond acceptors (Lipinski definition) is 5. The smallest absolute Gasteiger partial charge is 0.284 e. The van der Waals surface area contributed by atoms with Crippen molar-refractivity contribution in [2.24, 2.45) is 0 Å². The van der Waals surface area contributed by atoms with Crippen molar-refractivity contribution in [1.82, 2.24) is 10.2 Å². The molecule has 1 amide bonds. The molecular weight excluding hydrogens is 342 g/mol. The number of nitrogens with one attached hydrogen (secondary N) is 1. The van der Waals surface area contributed by atoms with Gasteiger partial charge in [-0.3, -0.25) is 14.9 Å². The number of benzene rings is 1. The first-order valence-corrected chi connectivity index (χ1v) is 7.29. The Morgan fingerprint density at radius 3 is 3.05 bits per heavy atom. The van der Waals surface area contributed by atoms with Crippen LogP contribution in [0.1, 0.15) is 10.4 Å². The van der Waals surface area contributed by atoms with E-state index >= 15 is 0 Å². The van der Waals surface area contributed by atoms with Gasteiger partial charge in [0.25, 0.3) is 11.6 Å². The molecule has 0 aromatic heterocycles. The Kier molecular flexibility index (Phi) is 5.27. The topological polar surface area (TPSA) is 84.7 Å². The van der Waals surface area contributed by atoms with Crippen molar-refractivity contribution < 1.29 is 14.5 Å². The van der Waals surface area contributed by atoms with Gasteiger partial charge in [-0.25, -0.2) is 0 Å². The third-order valence-corrected chi connectivity index (χ3v) is 3.91. The fraction of sp³-hybridized carbons (Fsp3) is 0.462. The Bertz CT molecular complexity index is 552. The van der Waals surface area contributed by atoms with Crippen LogP contribution in [-0.4, -0.2) is 55.1 Å². The fourth-order valence-electron chi connectivity index (χ4n) is 2.09. The second-order valence-electron chi connectivity index (χ2n) is 4.89. The minimum absolute atomic E-state index is 0.0573. The third-order valence-electron chi connectivity index (χ3n) is 3.24. The van der Waals surface area contributed by atoms with Crippen molar-refractivity contribution >= 4 is 27.5 Å². The Morgan fingerprint density at radius 1 is 1.62 bits per heavy atom. The molecule has 0 aliphatic carbocycles. The second kappa shape index (κ2) is 6.97. The zero-order chi connectivity index (χ0) is 15.4. The van der Waals surface area contributed by atoms with Crippen LogP contribution < -0.4 is 5.32 Å². The lowest BCUT2D eigenvalue weighted by molar-refractivity contribution is -0.385. The van der Waals surface area contributed by atoms with Gasteiger partial charge < -0.3 is 15.0 Å². The molecule has 0 bridgehead atoms. The summed E-state index contributed by atoms with van der Waals surface area (Å²) in [5.41, 5.74) is 0.130. The minimum Gasteiger partial charge on any atom is -0.374 e.